The number of nitrogens with zero attached hydrogens (tertiary/aromatic N) is 1. The molecular formula is C15H24N2. The van der Waals surface area contributed by atoms with Crippen LogP contribution in [0.1, 0.15) is 25.3 Å². The first-order valence-corrected chi connectivity index (χ1v) is 6.70. The van der Waals surface area contributed by atoms with E-state index >= 15 is 0 Å². The lowest BCUT2D eigenvalue weighted by molar-refractivity contribution is 0.423. The summed E-state index contributed by atoms with van der Waals surface area (Å²) < 4.78 is 0. The van der Waals surface area contributed by atoms with Crippen molar-refractivity contribution in [2.75, 3.05) is 24.5 Å². The third-order valence-electron chi connectivity index (χ3n) is 3.79. The van der Waals surface area contributed by atoms with Gasteiger partial charge in [-0.3, -0.25) is 0 Å². The molecule has 1 aromatic carbocycles. The summed E-state index contributed by atoms with van der Waals surface area (Å²) in [6, 6.07) is 8.82. The summed E-state index contributed by atoms with van der Waals surface area (Å²) >= 11 is 0. The molecule has 1 saturated heterocycles. The third-order valence-corrected chi connectivity index (χ3v) is 3.79. The average molecular weight is 232 g/mol. The average Bonchev–Trinajstić information content (AvgIpc) is 2.77. The lowest BCUT2D eigenvalue weighted by Crippen LogP contribution is -2.21. The minimum atomic E-state index is 0.664. The molecule has 1 heterocycles. The number of rotatable bonds is 4. The van der Waals surface area contributed by atoms with Crippen molar-refractivity contribution in [2.45, 2.75) is 26.7 Å². The maximum atomic E-state index is 5.70. The van der Waals surface area contributed by atoms with Crippen LogP contribution in [-0.4, -0.2) is 19.6 Å². The third kappa shape index (κ3) is 3.22. The zero-order chi connectivity index (χ0) is 12.3. The van der Waals surface area contributed by atoms with Crippen LogP contribution in [0.25, 0.3) is 0 Å². The van der Waals surface area contributed by atoms with Gasteiger partial charge in [-0.15, -0.1) is 0 Å². The van der Waals surface area contributed by atoms with Gasteiger partial charge in [-0.05, 0) is 55.8 Å². The molecule has 1 aliphatic rings. The molecule has 0 bridgehead atoms. The fraction of sp³-hybridized carbons (Fsp3) is 0.600. The molecule has 94 valence electrons. The molecule has 2 heteroatoms. The van der Waals surface area contributed by atoms with Crippen LogP contribution in [0.3, 0.4) is 0 Å². The van der Waals surface area contributed by atoms with Crippen molar-refractivity contribution in [1.82, 2.24) is 0 Å². The summed E-state index contributed by atoms with van der Waals surface area (Å²) in [5.41, 5.74) is 8.43. The van der Waals surface area contributed by atoms with E-state index in [0.29, 0.717) is 5.92 Å². The first-order chi connectivity index (χ1) is 8.19. The number of hydrogen-bond donors (Lipinski definition) is 1. The highest BCUT2D eigenvalue weighted by Gasteiger charge is 2.23. The quantitative estimate of drug-likeness (QED) is 0.865. The van der Waals surface area contributed by atoms with Crippen molar-refractivity contribution in [2.24, 2.45) is 17.6 Å². The van der Waals surface area contributed by atoms with Crippen LogP contribution in [-0.2, 0) is 0 Å². The van der Waals surface area contributed by atoms with Gasteiger partial charge >= 0.3 is 0 Å². The molecule has 17 heavy (non-hydrogen) atoms. The predicted molar refractivity (Wildman–Crippen MR) is 74.3 cm³/mol. The van der Waals surface area contributed by atoms with E-state index in [2.05, 4.69) is 43.0 Å². The van der Waals surface area contributed by atoms with Crippen molar-refractivity contribution in [3.05, 3.63) is 29.8 Å². The topological polar surface area (TPSA) is 29.3 Å². The van der Waals surface area contributed by atoms with Gasteiger partial charge < -0.3 is 10.6 Å². The minimum absolute atomic E-state index is 0.664. The normalized spacial score (nSPS) is 21.8. The van der Waals surface area contributed by atoms with E-state index < -0.39 is 0 Å². The summed E-state index contributed by atoms with van der Waals surface area (Å²) in [4.78, 5) is 2.51. The van der Waals surface area contributed by atoms with Crippen LogP contribution >= 0.6 is 0 Å². The first kappa shape index (κ1) is 12.4. The highest BCUT2D eigenvalue weighted by Crippen LogP contribution is 2.27. The molecule has 2 rings (SSSR count). The summed E-state index contributed by atoms with van der Waals surface area (Å²) in [7, 11) is 0. The Morgan fingerprint density at radius 1 is 1.47 bits per heavy atom. The largest absolute Gasteiger partial charge is 0.371 e. The second-order valence-corrected chi connectivity index (χ2v) is 5.52. The molecule has 2 nitrogen and oxygen atoms in total. The Morgan fingerprint density at radius 2 is 2.29 bits per heavy atom. The molecule has 1 aromatic rings. The summed E-state index contributed by atoms with van der Waals surface area (Å²) in [6.07, 6.45) is 2.59. The van der Waals surface area contributed by atoms with Gasteiger partial charge in [0.15, 0.2) is 0 Å². The van der Waals surface area contributed by atoms with E-state index in [-0.39, 0.29) is 0 Å². The molecule has 0 saturated carbocycles. The van der Waals surface area contributed by atoms with Gasteiger partial charge in [-0.2, -0.15) is 0 Å². The molecule has 0 aliphatic carbocycles. The van der Waals surface area contributed by atoms with E-state index in [1.165, 1.54) is 37.2 Å². The standard InChI is InChI=1S/C15H24N2/c1-12-4-3-5-15(9-12)17-7-6-14(11-17)8-13(2)10-16/h3-5,9,13-14H,6-8,10-11,16H2,1-2H3. The van der Waals surface area contributed by atoms with Crippen molar-refractivity contribution >= 4 is 5.69 Å². The highest BCUT2D eigenvalue weighted by molar-refractivity contribution is 5.49. The Morgan fingerprint density at radius 3 is 3.00 bits per heavy atom. The van der Waals surface area contributed by atoms with Gasteiger partial charge in [-0.25, -0.2) is 0 Å². The Kier molecular flexibility index (Phi) is 4.06. The van der Waals surface area contributed by atoms with Crippen molar-refractivity contribution in [3.8, 4) is 0 Å². The number of aryl methyl sites for hydroxylation is 1. The number of anilines is 1. The minimum Gasteiger partial charge on any atom is -0.371 e. The van der Waals surface area contributed by atoms with Gasteiger partial charge in [0.2, 0.25) is 0 Å². The van der Waals surface area contributed by atoms with Gasteiger partial charge in [0.1, 0.15) is 0 Å². The Labute approximate surface area is 105 Å². The number of nitrogens with two attached hydrogens (primary N) is 1. The monoisotopic (exact) mass is 232 g/mol. The fourth-order valence-electron chi connectivity index (χ4n) is 2.75. The van der Waals surface area contributed by atoms with E-state index in [9.17, 15) is 0 Å². The zero-order valence-electron chi connectivity index (χ0n) is 11.0. The molecule has 0 radical (unpaired) electrons. The van der Waals surface area contributed by atoms with Crippen LogP contribution < -0.4 is 10.6 Å². The molecule has 0 aromatic heterocycles. The summed E-state index contributed by atoms with van der Waals surface area (Å²) in [6.45, 7) is 7.64. The molecule has 1 fully saturated rings. The van der Waals surface area contributed by atoms with Crippen LogP contribution in [0.4, 0.5) is 5.69 Å². The van der Waals surface area contributed by atoms with Crippen LogP contribution in [0, 0.1) is 18.8 Å². The smallest absolute Gasteiger partial charge is 0.0368 e. The van der Waals surface area contributed by atoms with E-state index in [1.807, 2.05) is 0 Å². The van der Waals surface area contributed by atoms with E-state index in [1.54, 1.807) is 0 Å². The molecule has 2 atom stereocenters. The van der Waals surface area contributed by atoms with Crippen LogP contribution in [0.2, 0.25) is 0 Å². The lowest BCUT2D eigenvalue weighted by atomic mass is 9.95. The van der Waals surface area contributed by atoms with E-state index in [4.69, 9.17) is 5.73 Å². The summed E-state index contributed by atoms with van der Waals surface area (Å²) in [5, 5.41) is 0. The lowest BCUT2D eigenvalue weighted by Gasteiger charge is -2.20. The van der Waals surface area contributed by atoms with Gasteiger partial charge in [-0.1, -0.05) is 19.1 Å². The Hall–Kier alpha value is -1.02. The molecular weight excluding hydrogens is 208 g/mol. The Balaban J connectivity index is 1.93. The van der Waals surface area contributed by atoms with Crippen LogP contribution in [0.15, 0.2) is 24.3 Å². The van der Waals surface area contributed by atoms with Crippen LogP contribution in [0.5, 0.6) is 0 Å². The number of hydrogen-bond acceptors (Lipinski definition) is 2. The predicted octanol–water partition coefficient (Wildman–Crippen LogP) is 2.81. The molecule has 0 spiro atoms. The summed E-state index contributed by atoms with van der Waals surface area (Å²) in [5.74, 6) is 1.49. The maximum Gasteiger partial charge on any atom is 0.0368 e. The second-order valence-electron chi connectivity index (χ2n) is 5.52. The second kappa shape index (κ2) is 5.54. The first-order valence-electron chi connectivity index (χ1n) is 6.70. The SMILES string of the molecule is Cc1cccc(N2CCC(CC(C)CN)C2)c1. The molecule has 1 aliphatic heterocycles. The maximum absolute atomic E-state index is 5.70. The van der Waals surface area contributed by atoms with Gasteiger partial charge in [0.05, 0.1) is 0 Å². The molecule has 2 N–H and O–H groups in total. The van der Waals surface area contributed by atoms with E-state index in [0.717, 1.165) is 12.5 Å². The fourth-order valence-corrected chi connectivity index (χ4v) is 2.75. The zero-order valence-corrected chi connectivity index (χ0v) is 11.0. The van der Waals surface area contributed by atoms with Crippen molar-refractivity contribution in [3.63, 3.8) is 0 Å². The highest BCUT2D eigenvalue weighted by atomic mass is 15.1. The Bertz CT molecular complexity index is 362. The van der Waals surface area contributed by atoms with Gasteiger partial charge in [0.25, 0.3) is 0 Å². The van der Waals surface area contributed by atoms with Crippen molar-refractivity contribution in [1.29, 1.82) is 0 Å². The van der Waals surface area contributed by atoms with Gasteiger partial charge in [0, 0.05) is 18.8 Å². The number of benzene rings is 1. The molecule has 0 amide bonds. The molecule has 2 unspecified atom stereocenters. The van der Waals surface area contributed by atoms with Crippen molar-refractivity contribution < 1.29 is 0 Å².